The van der Waals surface area contributed by atoms with Crippen molar-refractivity contribution in [2.24, 2.45) is 5.41 Å². The van der Waals surface area contributed by atoms with Crippen LogP contribution in [0.25, 0.3) is 0 Å². The fourth-order valence-electron chi connectivity index (χ4n) is 5.00. The Hall–Kier alpha value is -0.860. The first-order chi connectivity index (χ1) is 13.0. The lowest BCUT2D eigenvalue weighted by molar-refractivity contribution is 0.351. The summed E-state index contributed by atoms with van der Waals surface area (Å²) in [5.41, 5.74) is 10.4. The van der Waals surface area contributed by atoms with E-state index >= 15 is 0 Å². The van der Waals surface area contributed by atoms with Crippen molar-refractivity contribution >= 4 is 25.3 Å². The van der Waals surface area contributed by atoms with Crippen molar-refractivity contribution in [3.63, 3.8) is 0 Å². The molecule has 0 amide bonds. The molecule has 0 saturated carbocycles. The number of benzene rings is 2. The first kappa shape index (κ1) is 21.8. The summed E-state index contributed by atoms with van der Waals surface area (Å²) in [5, 5.41) is 0. The van der Waals surface area contributed by atoms with Crippen molar-refractivity contribution in [2.75, 3.05) is 0 Å². The fourth-order valence-corrected chi connectivity index (χ4v) is 5.62. The second-order valence-corrected chi connectivity index (χ2v) is 11.0. The molecule has 28 heavy (non-hydrogen) atoms. The molecule has 0 heterocycles. The van der Waals surface area contributed by atoms with Crippen LogP contribution in [0.15, 0.2) is 28.0 Å². The lowest BCUT2D eigenvalue weighted by Gasteiger charge is -2.23. The van der Waals surface area contributed by atoms with E-state index in [2.05, 4.69) is 66.7 Å². The van der Waals surface area contributed by atoms with E-state index in [-0.39, 0.29) is 0 Å². The third kappa shape index (κ3) is 4.19. The van der Waals surface area contributed by atoms with Gasteiger partial charge in [-0.2, -0.15) is 0 Å². The molecular weight excluding hydrogens is 376 g/mol. The van der Waals surface area contributed by atoms with Gasteiger partial charge in [0.1, 0.15) is 0 Å². The van der Waals surface area contributed by atoms with Crippen LogP contribution < -0.4 is 0 Å². The molecule has 0 fully saturated rings. The molecule has 1 aliphatic rings. The van der Waals surface area contributed by atoms with Crippen molar-refractivity contribution in [1.29, 1.82) is 0 Å². The monoisotopic (exact) mass is 412 g/mol. The Morgan fingerprint density at radius 3 is 2.18 bits per heavy atom. The first-order valence-corrected chi connectivity index (χ1v) is 11.5. The Morgan fingerprint density at radius 1 is 0.893 bits per heavy atom. The van der Waals surface area contributed by atoms with Crippen LogP contribution in [0.5, 0.6) is 0 Å². The fraction of sp³-hybridized carbons (Fsp3) is 0.538. The highest BCUT2D eigenvalue weighted by Crippen LogP contribution is 2.50. The molecule has 0 bridgehead atoms. The third-order valence-corrected chi connectivity index (χ3v) is 8.01. The highest BCUT2D eigenvalue weighted by atomic mass is 32.1. The molecule has 2 heteroatoms. The summed E-state index contributed by atoms with van der Waals surface area (Å²) in [6.45, 7) is 16.0. The van der Waals surface area contributed by atoms with E-state index in [1.807, 2.05) is 0 Å². The zero-order chi connectivity index (χ0) is 20.8. The summed E-state index contributed by atoms with van der Waals surface area (Å²) in [5.74, 6) is 1.15. The molecule has 0 nitrogen and oxygen atoms in total. The zero-order valence-electron chi connectivity index (χ0n) is 18.6. The van der Waals surface area contributed by atoms with Crippen molar-refractivity contribution in [3.8, 4) is 0 Å². The van der Waals surface area contributed by atoms with Gasteiger partial charge >= 0.3 is 0 Å². The second kappa shape index (κ2) is 8.11. The lowest BCUT2D eigenvalue weighted by atomic mass is 9.83. The van der Waals surface area contributed by atoms with Crippen LogP contribution in [-0.2, 0) is 0 Å². The molecule has 2 unspecified atom stereocenters. The number of hydrogen-bond acceptors (Lipinski definition) is 2. The number of hydrogen-bond donors (Lipinski definition) is 2. The Kier molecular flexibility index (Phi) is 6.32. The minimum Gasteiger partial charge on any atom is -0.142 e. The third-order valence-electron chi connectivity index (χ3n) is 6.71. The first-order valence-electron chi connectivity index (χ1n) is 10.6. The summed E-state index contributed by atoms with van der Waals surface area (Å²) in [4.78, 5) is 2.08. The van der Waals surface area contributed by atoms with Crippen LogP contribution in [0.4, 0.5) is 0 Å². The Morgan fingerprint density at radius 2 is 1.54 bits per heavy atom. The summed E-state index contributed by atoms with van der Waals surface area (Å²) >= 11 is 9.54. The summed E-state index contributed by atoms with van der Waals surface area (Å²) in [7, 11) is 0. The molecule has 0 spiro atoms. The molecule has 152 valence electrons. The van der Waals surface area contributed by atoms with Crippen molar-refractivity contribution in [3.05, 3.63) is 57.1 Å². The van der Waals surface area contributed by atoms with Gasteiger partial charge in [0.05, 0.1) is 0 Å². The topological polar surface area (TPSA) is 0 Å². The minimum atomic E-state index is 0.418. The highest BCUT2D eigenvalue weighted by Gasteiger charge is 2.34. The van der Waals surface area contributed by atoms with Gasteiger partial charge < -0.3 is 0 Å². The zero-order valence-corrected chi connectivity index (χ0v) is 20.4. The van der Waals surface area contributed by atoms with Crippen LogP contribution >= 0.6 is 25.3 Å². The Bertz CT molecular complexity index is 857. The van der Waals surface area contributed by atoms with Gasteiger partial charge in [-0.05, 0) is 91.7 Å². The van der Waals surface area contributed by atoms with Crippen LogP contribution in [0.1, 0.15) is 97.2 Å². The van der Waals surface area contributed by atoms with E-state index in [1.165, 1.54) is 59.1 Å². The van der Waals surface area contributed by atoms with E-state index in [1.54, 1.807) is 5.56 Å². The van der Waals surface area contributed by atoms with Crippen LogP contribution in [0.2, 0.25) is 0 Å². The molecule has 1 aliphatic carbocycles. The smallest absolute Gasteiger partial charge is 0.0209 e. The standard InChI is InChI=1S/C26H36S2/c1-15-10-11-20-21(13-15)19(9-8-12-26(5,6)7)14-22(20)23-16(2)17(3)24(27)25(28)18(23)4/h10-11,13,19,22,27-28H,8-9,12,14H2,1-7H3. The van der Waals surface area contributed by atoms with E-state index in [0.717, 1.165) is 9.79 Å². The van der Waals surface area contributed by atoms with Gasteiger partial charge in [-0.15, -0.1) is 25.3 Å². The minimum absolute atomic E-state index is 0.418. The van der Waals surface area contributed by atoms with Crippen molar-refractivity contribution in [1.82, 2.24) is 0 Å². The predicted molar refractivity (Wildman–Crippen MR) is 129 cm³/mol. The Labute approximate surface area is 183 Å². The van der Waals surface area contributed by atoms with Gasteiger partial charge in [0.25, 0.3) is 0 Å². The number of rotatable bonds is 4. The maximum atomic E-state index is 4.81. The molecule has 3 rings (SSSR count). The van der Waals surface area contributed by atoms with E-state index in [0.29, 0.717) is 17.3 Å². The van der Waals surface area contributed by atoms with Gasteiger partial charge in [0.15, 0.2) is 0 Å². The molecule has 0 N–H and O–H groups in total. The van der Waals surface area contributed by atoms with Crippen molar-refractivity contribution < 1.29 is 0 Å². The van der Waals surface area contributed by atoms with Crippen molar-refractivity contribution in [2.45, 2.75) is 95.8 Å². The number of fused-ring (bicyclic) bond motifs is 1. The summed E-state index contributed by atoms with van der Waals surface area (Å²) < 4.78 is 0. The van der Waals surface area contributed by atoms with Gasteiger partial charge in [-0.3, -0.25) is 0 Å². The summed E-state index contributed by atoms with van der Waals surface area (Å²) in [6.07, 6.45) is 5.11. The van der Waals surface area contributed by atoms with E-state index < -0.39 is 0 Å². The number of thiol groups is 2. The van der Waals surface area contributed by atoms with Gasteiger partial charge in [0, 0.05) is 15.7 Å². The van der Waals surface area contributed by atoms with Gasteiger partial charge in [-0.1, -0.05) is 51.0 Å². The van der Waals surface area contributed by atoms with E-state index in [9.17, 15) is 0 Å². The maximum absolute atomic E-state index is 4.81. The molecule has 2 aromatic rings. The maximum Gasteiger partial charge on any atom is 0.0209 e. The molecular formula is C26H36S2. The molecule has 2 aromatic carbocycles. The SMILES string of the molecule is Cc1ccc2c(c1)C(CCCC(C)(C)C)CC2c1c(C)c(C)c(S)c(S)c1C. The van der Waals surface area contributed by atoms with Crippen LogP contribution in [0, 0.1) is 33.1 Å². The summed E-state index contributed by atoms with van der Waals surface area (Å²) in [6, 6.07) is 7.12. The predicted octanol–water partition coefficient (Wildman–Crippen LogP) is 8.33. The lowest BCUT2D eigenvalue weighted by Crippen LogP contribution is -2.07. The van der Waals surface area contributed by atoms with Gasteiger partial charge in [0.2, 0.25) is 0 Å². The average molecular weight is 413 g/mol. The van der Waals surface area contributed by atoms with Crippen LogP contribution in [0.3, 0.4) is 0 Å². The normalized spacial score (nSPS) is 19.2. The largest absolute Gasteiger partial charge is 0.142 e. The van der Waals surface area contributed by atoms with E-state index in [4.69, 9.17) is 25.3 Å². The second-order valence-electron chi connectivity index (χ2n) is 10.1. The average Bonchev–Trinajstić information content (AvgIpc) is 2.95. The molecule has 0 aromatic heterocycles. The molecule has 2 atom stereocenters. The van der Waals surface area contributed by atoms with Gasteiger partial charge in [-0.25, -0.2) is 0 Å². The van der Waals surface area contributed by atoms with Crippen LogP contribution in [-0.4, -0.2) is 0 Å². The molecule has 0 radical (unpaired) electrons. The molecule has 0 aliphatic heterocycles. The highest BCUT2D eigenvalue weighted by molar-refractivity contribution is 7.83. The number of aryl methyl sites for hydroxylation is 1. The quantitative estimate of drug-likeness (QED) is 0.463. The molecule has 0 saturated heterocycles. The Balaban J connectivity index is 2.01.